The number of benzene rings is 3. The maximum atomic E-state index is 12.9. The molecule has 3 N–H and O–H groups in total. The molecule has 4 aromatic rings. The summed E-state index contributed by atoms with van der Waals surface area (Å²) >= 11 is 0. The number of carbonyl (C=O) groups is 2. The van der Waals surface area contributed by atoms with Crippen LogP contribution >= 0.6 is 0 Å². The maximum absolute atomic E-state index is 12.9. The third-order valence-electron chi connectivity index (χ3n) is 4.87. The first kappa shape index (κ1) is 21.8. The first-order valence-corrected chi connectivity index (χ1v) is 9.73. The monoisotopic (exact) mass is 451 g/mol. The number of hydrogen-bond donors (Lipinski definition) is 3. The minimum Gasteiger partial charge on any atom is -0.322 e. The molecule has 6 nitrogen and oxygen atoms in total. The lowest BCUT2D eigenvalue weighted by atomic mass is 10.1. The summed E-state index contributed by atoms with van der Waals surface area (Å²) in [6.07, 6.45) is -4.55. The Labute approximate surface area is 185 Å². The Kier molecular flexibility index (Phi) is 5.70. The van der Waals surface area contributed by atoms with Gasteiger partial charge in [-0.1, -0.05) is 36.4 Å². The summed E-state index contributed by atoms with van der Waals surface area (Å²) in [6, 6.07) is 18.5. The standard InChI is InChI=1S/C24H16F3N3O3/c25-24(26,27)15-7-5-8-16(13-15)28-22(32)18-10-3-4-11-19(18)29-23(33)20-12-14-6-1-2-9-17(14)21(31)30-20/h1-13H,(H,28,32)(H,29,33)(H,30,31). The highest BCUT2D eigenvalue weighted by Crippen LogP contribution is 2.31. The second-order valence-electron chi connectivity index (χ2n) is 7.13. The Bertz CT molecular complexity index is 1430. The van der Waals surface area contributed by atoms with E-state index in [-0.39, 0.29) is 22.6 Å². The lowest BCUT2D eigenvalue weighted by Crippen LogP contribution is -2.21. The summed E-state index contributed by atoms with van der Waals surface area (Å²) in [7, 11) is 0. The van der Waals surface area contributed by atoms with Crippen molar-refractivity contribution in [1.29, 1.82) is 0 Å². The van der Waals surface area contributed by atoms with Crippen LogP contribution in [0.2, 0.25) is 0 Å². The summed E-state index contributed by atoms with van der Waals surface area (Å²) in [4.78, 5) is 40.3. The van der Waals surface area contributed by atoms with Crippen molar-refractivity contribution in [2.75, 3.05) is 10.6 Å². The van der Waals surface area contributed by atoms with E-state index in [1.807, 2.05) is 0 Å². The molecule has 0 radical (unpaired) electrons. The van der Waals surface area contributed by atoms with E-state index in [0.29, 0.717) is 10.8 Å². The zero-order chi connectivity index (χ0) is 23.6. The van der Waals surface area contributed by atoms with E-state index >= 15 is 0 Å². The highest BCUT2D eigenvalue weighted by atomic mass is 19.4. The maximum Gasteiger partial charge on any atom is 0.416 e. The van der Waals surface area contributed by atoms with E-state index in [2.05, 4.69) is 15.6 Å². The van der Waals surface area contributed by atoms with Crippen LogP contribution in [0.5, 0.6) is 0 Å². The number of amides is 2. The van der Waals surface area contributed by atoms with E-state index in [9.17, 15) is 27.6 Å². The van der Waals surface area contributed by atoms with Gasteiger partial charge in [0.15, 0.2) is 0 Å². The number of rotatable bonds is 4. The number of anilines is 2. The summed E-state index contributed by atoms with van der Waals surface area (Å²) in [5.74, 6) is -1.37. The van der Waals surface area contributed by atoms with Crippen molar-refractivity contribution in [2.45, 2.75) is 6.18 Å². The molecule has 0 fully saturated rings. The molecule has 0 aliphatic rings. The lowest BCUT2D eigenvalue weighted by molar-refractivity contribution is -0.137. The van der Waals surface area contributed by atoms with Gasteiger partial charge in [0.05, 0.1) is 16.8 Å². The Morgan fingerprint density at radius 1 is 0.788 bits per heavy atom. The smallest absolute Gasteiger partial charge is 0.322 e. The molecule has 0 bridgehead atoms. The fourth-order valence-corrected chi connectivity index (χ4v) is 3.28. The van der Waals surface area contributed by atoms with Gasteiger partial charge in [-0.3, -0.25) is 14.4 Å². The Balaban J connectivity index is 1.59. The molecule has 2 amide bonds. The molecule has 166 valence electrons. The topological polar surface area (TPSA) is 91.1 Å². The van der Waals surface area contributed by atoms with Gasteiger partial charge in [0.25, 0.3) is 17.4 Å². The molecule has 9 heteroatoms. The van der Waals surface area contributed by atoms with Crippen molar-refractivity contribution >= 4 is 34.0 Å². The normalized spacial score (nSPS) is 11.2. The van der Waals surface area contributed by atoms with Crippen molar-refractivity contribution < 1.29 is 22.8 Å². The number of halogens is 3. The summed E-state index contributed by atoms with van der Waals surface area (Å²) in [6.45, 7) is 0. The third kappa shape index (κ3) is 4.77. The SMILES string of the molecule is O=C(Nc1ccccc1C(=O)Nc1cccc(C(F)(F)F)c1)c1cc2ccccc2c(=O)[nH]1. The van der Waals surface area contributed by atoms with Crippen LogP contribution in [0.3, 0.4) is 0 Å². The van der Waals surface area contributed by atoms with Gasteiger partial charge in [-0.2, -0.15) is 13.2 Å². The van der Waals surface area contributed by atoms with E-state index in [0.717, 1.165) is 12.1 Å². The quantitative estimate of drug-likeness (QED) is 0.406. The first-order valence-electron chi connectivity index (χ1n) is 9.73. The third-order valence-corrected chi connectivity index (χ3v) is 4.87. The number of fused-ring (bicyclic) bond motifs is 1. The van der Waals surface area contributed by atoms with E-state index in [1.165, 1.54) is 30.3 Å². The van der Waals surface area contributed by atoms with Crippen LogP contribution in [0.1, 0.15) is 26.4 Å². The number of H-pyrrole nitrogens is 1. The van der Waals surface area contributed by atoms with Gasteiger partial charge in [-0.25, -0.2) is 0 Å². The molecule has 0 aliphatic heterocycles. The Morgan fingerprint density at radius 2 is 1.52 bits per heavy atom. The fraction of sp³-hybridized carbons (Fsp3) is 0.0417. The van der Waals surface area contributed by atoms with Crippen LogP contribution < -0.4 is 16.2 Å². The van der Waals surface area contributed by atoms with Gasteiger partial charge in [-0.05, 0) is 47.9 Å². The molecule has 0 saturated heterocycles. The van der Waals surface area contributed by atoms with Crippen molar-refractivity contribution in [2.24, 2.45) is 0 Å². The predicted molar refractivity (Wildman–Crippen MR) is 118 cm³/mol. The molecule has 1 heterocycles. The lowest BCUT2D eigenvalue weighted by Gasteiger charge is -2.13. The van der Waals surface area contributed by atoms with Gasteiger partial charge in [0, 0.05) is 11.1 Å². The molecule has 0 saturated carbocycles. The van der Waals surface area contributed by atoms with Crippen molar-refractivity contribution in [3.63, 3.8) is 0 Å². The predicted octanol–water partition coefficient (Wildman–Crippen LogP) is 5.05. The number of aromatic amines is 1. The van der Waals surface area contributed by atoms with Crippen LogP contribution in [0.15, 0.2) is 83.7 Å². The summed E-state index contributed by atoms with van der Waals surface area (Å²) in [5, 5.41) is 5.98. The van der Waals surface area contributed by atoms with E-state index < -0.39 is 29.1 Å². The minimum absolute atomic E-state index is 0.00760. The Morgan fingerprint density at radius 3 is 2.30 bits per heavy atom. The molecule has 0 spiro atoms. The van der Waals surface area contributed by atoms with Gasteiger partial charge < -0.3 is 15.6 Å². The zero-order valence-corrected chi connectivity index (χ0v) is 16.9. The average Bonchev–Trinajstić information content (AvgIpc) is 2.79. The number of aromatic nitrogens is 1. The summed E-state index contributed by atoms with van der Waals surface area (Å²) < 4.78 is 38.8. The number of hydrogen-bond acceptors (Lipinski definition) is 3. The average molecular weight is 451 g/mol. The van der Waals surface area contributed by atoms with Crippen LogP contribution in [0.4, 0.5) is 24.5 Å². The molecular weight excluding hydrogens is 435 g/mol. The van der Waals surface area contributed by atoms with Gasteiger partial charge >= 0.3 is 6.18 Å². The van der Waals surface area contributed by atoms with E-state index in [1.54, 1.807) is 36.4 Å². The second kappa shape index (κ2) is 8.62. The fourth-order valence-electron chi connectivity index (χ4n) is 3.28. The van der Waals surface area contributed by atoms with E-state index in [4.69, 9.17) is 0 Å². The highest BCUT2D eigenvalue weighted by molar-refractivity contribution is 6.12. The molecule has 1 aromatic heterocycles. The summed E-state index contributed by atoms with van der Waals surface area (Å²) in [5.41, 5.74) is -1.23. The van der Waals surface area contributed by atoms with Crippen molar-refractivity contribution in [1.82, 2.24) is 4.98 Å². The second-order valence-corrected chi connectivity index (χ2v) is 7.13. The number of carbonyl (C=O) groups excluding carboxylic acids is 2. The van der Waals surface area contributed by atoms with Crippen molar-refractivity contribution in [3.05, 3.63) is 106 Å². The number of pyridine rings is 1. The van der Waals surface area contributed by atoms with Gasteiger partial charge in [-0.15, -0.1) is 0 Å². The van der Waals surface area contributed by atoms with Crippen LogP contribution in [-0.2, 0) is 6.18 Å². The number of nitrogens with one attached hydrogen (secondary N) is 3. The number of para-hydroxylation sites is 1. The molecule has 0 aliphatic carbocycles. The zero-order valence-electron chi connectivity index (χ0n) is 16.9. The Hall–Kier alpha value is -4.40. The molecular formula is C24H16F3N3O3. The molecule has 4 rings (SSSR count). The minimum atomic E-state index is -4.55. The van der Waals surface area contributed by atoms with Gasteiger partial charge in [0.2, 0.25) is 0 Å². The molecule has 0 unspecified atom stereocenters. The van der Waals surface area contributed by atoms with Crippen molar-refractivity contribution in [3.8, 4) is 0 Å². The van der Waals surface area contributed by atoms with Crippen LogP contribution in [-0.4, -0.2) is 16.8 Å². The molecule has 3 aromatic carbocycles. The molecule has 0 atom stereocenters. The van der Waals surface area contributed by atoms with Gasteiger partial charge in [0.1, 0.15) is 5.69 Å². The van der Waals surface area contributed by atoms with Crippen LogP contribution in [0, 0.1) is 0 Å². The largest absolute Gasteiger partial charge is 0.416 e. The molecule has 33 heavy (non-hydrogen) atoms. The highest BCUT2D eigenvalue weighted by Gasteiger charge is 2.30. The first-order chi connectivity index (χ1) is 15.7. The van der Waals surface area contributed by atoms with Crippen LogP contribution in [0.25, 0.3) is 10.8 Å². The number of alkyl halides is 3.